The second-order valence-corrected chi connectivity index (χ2v) is 5.81. The van der Waals surface area contributed by atoms with Crippen molar-refractivity contribution in [3.05, 3.63) is 52.9 Å². The van der Waals surface area contributed by atoms with Gasteiger partial charge in [0.25, 0.3) is 5.91 Å². The number of hydrogen-bond acceptors (Lipinski definition) is 4. The second kappa shape index (κ2) is 6.90. The molecule has 126 valence electrons. The Balaban J connectivity index is 1.69. The number of carbonyl (C=O) groups is 1. The topological polar surface area (TPSA) is 58.1 Å². The molecule has 0 spiro atoms. The van der Waals surface area contributed by atoms with E-state index in [1.807, 2.05) is 6.92 Å². The number of benzene rings is 1. The van der Waals surface area contributed by atoms with E-state index in [1.54, 1.807) is 6.07 Å². The maximum absolute atomic E-state index is 13.2. The summed E-state index contributed by atoms with van der Waals surface area (Å²) in [5, 5.41) is 2.67. The van der Waals surface area contributed by atoms with Gasteiger partial charge in [-0.1, -0.05) is 0 Å². The number of carbonyl (C=O) groups excluding carboxylic acids is 1. The van der Waals surface area contributed by atoms with Gasteiger partial charge in [0, 0.05) is 24.3 Å². The van der Waals surface area contributed by atoms with E-state index in [0.717, 1.165) is 43.8 Å². The highest BCUT2D eigenvalue weighted by atomic mass is 19.2. The van der Waals surface area contributed by atoms with E-state index < -0.39 is 17.5 Å². The van der Waals surface area contributed by atoms with Crippen molar-refractivity contribution in [3.63, 3.8) is 0 Å². The fourth-order valence-electron chi connectivity index (χ4n) is 2.68. The van der Waals surface area contributed by atoms with Crippen LogP contribution in [0.25, 0.3) is 0 Å². The molecule has 0 saturated carbocycles. The monoisotopic (exact) mass is 332 g/mol. The van der Waals surface area contributed by atoms with Crippen molar-refractivity contribution < 1.29 is 13.6 Å². The van der Waals surface area contributed by atoms with Crippen LogP contribution in [-0.2, 0) is 6.54 Å². The van der Waals surface area contributed by atoms with Crippen LogP contribution in [0.15, 0.2) is 24.3 Å². The minimum absolute atomic E-state index is 0.0689. The Kier molecular flexibility index (Phi) is 4.69. The number of aromatic nitrogens is 2. The SMILES string of the molecule is Cc1cc(CNC(=O)c2ccc(F)c(F)c2)nc(N2CCCC2)n1. The van der Waals surface area contributed by atoms with Crippen molar-refractivity contribution in [2.75, 3.05) is 18.0 Å². The zero-order valence-electron chi connectivity index (χ0n) is 13.4. The number of halogens is 2. The molecule has 1 aromatic carbocycles. The molecule has 2 aromatic rings. The van der Waals surface area contributed by atoms with Gasteiger partial charge < -0.3 is 10.2 Å². The van der Waals surface area contributed by atoms with E-state index in [0.29, 0.717) is 11.6 Å². The lowest BCUT2D eigenvalue weighted by Gasteiger charge is -2.16. The van der Waals surface area contributed by atoms with E-state index >= 15 is 0 Å². The minimum Gasteiger partial charge on any atom is -0.346 e. The van der Waals surface area contributed by atoms with Crippen molar-refractivity contribution in [2.24, 2.45) is 0 Å². The van der Waals surface area contributed by atoms with Gasteiger partial charge in [0.2, 0.25) is 5.95 Å². The third kappa shape index (κ3) is 3.67. The van der Waals surface area contributed by atoms with E-state index in [-0.39, 0.29) is 12.1 Å². The normalized spacial score (nSPS) is 14.0. The quantitative estimate of drug-likeness (QED) is 0.935. The lowest BCUT2D eigenvalue weighted by atomic mass is 10.2. The molecule has 1 saturated heterocycles. The highest BCUT2D eigenvalue weighted by Crippen LogP contribution is 2.16. The number of hydrogen-bond donors (Lipinski definition) is 1. The van der Waals surface area contributed by atoms with Crippen LogP contribution in [0.5, 0.6) is 0 Å². The van der Waals surface area contributed by atoms with E-state index in [4.69, 9.17) is 0 Å². The lowest BCUT2D eigenvalue weighted by Crippen LogP contribution is -2.25. The van der Waals surface area contributed by atoms with Gasteiger partial charge in [-0.3, -0.25) is 4.79 Å². The first-order chi connectivity index (χ1) is 11.5. The Bertz CT molecular complexity index is 760. The van der Waals surface area contributed by atoms with Gasteiger partial charge in [0.15, 0.2) is 11.6 Å². The van der Waals surface area contributed by atoms with Gasteiger partial charge in [-0.15, -0.1) is 0 Å². The Morgan fingerprint density at radius 1 is 1.17 bits per heavy atom. The summed E-state index contributed by atoms with van der Waals surface area (Å²) in [6.07, 6.45) is 2.25. The van der Waals surface area contributed by atoms with E-state index in [9.17, 15) is 13.6 Å². The van der Waals surface area contributed by atoms with Gasteiger partial charge >= 0.3 is 0 Å². The van der Waals surface area contributed by atoms with Crippen molar-refractivity contribution in [1.29, 1.82) is 0 Å². The fourth-order valence-corrected chi connectivity index (χ4v) is 2.68. The summed E-state index contributed by atoms with van der Waals surface area (Å²) < 4.78 is 26.1. The molecule has 0 unspecified atom stereocenters. The summed E-state index contributed by atoms with van der Waals surface area (Å²) in [5.41, 5.74) is 1.57. The third-order valence-corrected chi connectivity index (χ3v) is 3.90. The Morgan fingerprint density at radius 2 is 1.92 bits per heavy atom. The fraction of sp³-hybridized carbons (Fsp3) is 0.353. The predicted molar refractivity (Wildman–Crippen MR) is 85.7 cm³/mol. The highest BCUT2D eigenvalue weighted by Gasteiger charge is 2.16. The van der Waals surface area contributed by atoms with E-state index in [2.05, 4.69) is 20.2 Å². The maximum Gasteiger partial charge on any atom is 0.251 e. The van der Waals surface area contributed by atoms with Crippen LogP contribution in [0.1, 0.15) is 34.6 Å². The zero-order chi connectivity index (χ0) is 17.1. The van der Waals surface area contributed by atoms with Crippen molar-refractivity contribution in [1.82, 2.24) is 15.3 Å². The molecular formula is C17H18F2N4O. The number of aryl methyl sites for hydroxylation is 1. The van der Waals surface area contributed by atoms with Gasteiger partial charge in [-0.2, -0.15) is 0 Å². The van der Waals surface area contributed by atoms with Crippen molar-refractivity contribution >= 4 is 11.9 Å². The molecule has 0 aliphatic carbocycles. The average molecular weight is 332 g/mol. The Hall–Kier alpha value is -2.57. The molecule has 1 aliphatic rings. The summed E-state index contributed by atoms with van der Waals surface area (Å²) in [6, 6.07) is 4.86. The van der Waals surface area contributed by atoms with Gasteiger partial charge in [-0.25, -0.2) is 18.7 Å². The van der Waals surface area contributed by atoms with Crippen molar-refractivity contribution in [2.45, 2.75) is 26.3 Å². The minimum atomic E-state index is -1.04. The van der Waals surface area contributed by atoms with Crippen LogP contribution in [0.2, 0.25) is 0 Å². The summed E-state index contributed by atoms with van der Waals surface area (Å²) in [5.74, 6) is -1.83. The van der Waals surface area contributed by atoms with Crippen LogP contribution in [-0.4, -0.2) is 29.0 Å². The summed E-state index contributed by atoms with van der Waals surface area (Å²) in [4.78, 5) is 23.1. The van der Waals surface area contributed by atoms with Crippen LogP contribution < -0.4 is 10.2 Å². The molecule has 7 heteroatoms. The molecule has 1 aromatic heterocycles. The number of rotatable bonds is 4. The van der Waals surface area contributed by atoms with E-state index in [1.165, 1.54) is 6.07 Å². The number of nitrogens with zero attached hydrogens (tertiary/aromatic N) is 3. The molecule has 5 nitrogen and oxygen atoms in total. The first kappa shape index (κ1) is 16.3. The molecule has 0 bridgehead atoms. The van der Waals surface area contributed by atoms with Gasteiger partial charge in [-0.05, 0) is 44.0 Å². The molecule has 1 aliphatic heterocycles. The molecule has 0 radical (unpaired) electrons. The average Bonchev–Trinajstić information content (AvgIpc) is 3.09. The summed E-state index contributed by atoms with van der Waals surface area (Å²) >= 11 is 0. The highest BCUT2D eigenvalue weighted by molar-refractivity contribution is 5.94. The van der Waals surface area contributed by atoms with Crippen LogP contribution in [0.4, 0.5) is 14.7 Å². The van der Waals surface area contributed by atoms with Crippen LogP contribution in [0, 0.1) is 18.6 Å². The number of amides is 1. The van der Waals surface area contributed by atoms with Gasteiger partial charge in [0.05, 0.1) is 12.2 Å². The standard InChI is InChI=1S/C17H18F2N4O/c1-11-8-13(22-17(21-11)23-6-2-3-7-23)10-20-16(24)12-4-5-14(18)15(19)9-12/h4-5,8-9H,2-3,6-7,10H2,1H3,(H,20,24). The maximum atomic E-state index is 13.2. The molecule has 3 rings (SSSR count). The first-order valence-corrected chi connectivity index (χ1v) is 7.86. The summed E-state index contributed by atoms with van der Waals surface area (Å²) in [7, 11) is 0. The molecule has 24 heavy (non-hydrogen) atoms. The second-order valence-electron chi connectivity index (χ2n) is 5.81. The molecule has 0 atom stereocenters. The zero-order valence-corrected chi connectivity index (χ0v) is 13.4. The molecule has 1 N–H and O–H groups in total. The molecule has 1 fully saturated rings. The molecule has 2 heterocycles. The van der Waals surface area contributed by atoms with Crippen LogP contribution >= 0.6 is 0 Å². The Morgan fingerprint density at radius 3 is 2.62 bits per heavy atom. The third-order valence-electron chi connectivity index (χ3n) is 3.90. The summed E-state index contributed by atoms with van der Waals surface area (Å²) in [6.45, 7) is 3.94. The lowest BCUT2D eigenvalue weighted by molar-refractivity contribution is 0.0950. The van der Waals surface area contributed by atoms with Crippen LogP contribution in [0.3, 0.4) is 0 Å². The largest absolute Gasteiger partial charge is 0.346 e. The Labute approximate surface area is 138 Å². The van der Waals surface area contributed by atoms with Crippen molar-refractivity contribution in [3.8, 4) is 0 Å². The number of nitrogens with one attached hydrogen (secondary N) is 1. The smallest absolute Gasteiger partial charge is 0.251 e. The van der Waals surface area contributed by atoms with Gasteiger partial charge in [0.1, 0.15) is 0 Å². The predicted octanol–water partition coefficient (Wildman–Crippen LogP) is 2.59. The number of anilines is 1. The first-order valence-electron chi connectivity index (χ1n) is 7.86. The molecule has 1 amide bonds. The molecular weight excluding hydrogens is 314 g/mol.